The maximum atomic E-state index is 12.4. The number of anilines is 2. The zero-order valence-corrected chi connectivity index (χ0v) is 16.5. The Morgan fingerprint density at radius 1 is 1.14 bits per heavy atom. The molecule has 2 heterocycles. The van der Waals surface area contributed by atoms with Crippen LogP contribution in [0.2, 0.25) is 0 Å². The topological polar surface area (TPSA) is 80.1 Å². The van der Waals surface area contributed by atoms with Crippen molar-refractivity contribution in [1.29, 1.82) is 0 Å². The maximum Gasteiger partial charge on any atom is 0.234 e. The van der Waals surface area contributed by atoms with Crippen molar-refractivity contribution in [2.75, 3.05) is 22.5 Å². The van der Waals surface area contributed by atoms with Crippen LogP contribution in [0, 0.1) is 0 Å². The predicted octanol–water partition coefficient (Wildman–Crippen LogP) is 3.35. The Labute approximate surface area is 167 Å². The van der Waals surface area contributed by atoms with E-state index in [1.54, 1.807) is 4.90 Å². The van der Waals surface area contributed by atoms with Gasteiger partial charge in [-0.15, -0.1) is 10.2 Å². The van der Waals surface area contributed by atoms with Crippen molar-refractivity contribution in [3.63, 3.8) is 0 Å². The monoisotopic (exact) mass is 397 g/mol. The van der Waals surface area contributed by atoms with Crippen molar-refractivity contribution in [3.05, 3.63) is 30.1 Å². The normalized spacial score (nSPS) is 19.3. The summed E-state index contributed by atoms with van der Waals surface area (Å²) >= 11 is 1.46. The van der Waals surface area contributed by atoms with Gasteiger partial charge in [-0.3, -0.25) is 9.59 Å². The average Bonchev–Trinajstić information content (AvgIpc) is 3.63. The van der Waals surface area contributed by atoms with Crippen LogP contribution in [0.15, 0.2) is 29.4 Å². The fraction of sp³-hybridized carbons (Fsp3) is 0.500. The van der Waals surface area contributed by atoms with Gasteiger partial charge in [-0.1, -0.05) is 11.8 Å². The molecular weight excluding hydrogens is 374 g/mol. The first kappa shape index (κ1) is 17.7. The summed E-state index contributed by atoms with van der Waals surface area (Å²) in [6, 6.07) is 8.00. The van der Waals surface area contributed by atoms with Crippen molar-refractivity contribution in [2.45, 2.75) is 55.6 Å². The molecule has 1 saturated heterocycles. The van der Waals surface area contributed by atoms with Crippen LogP contribution < -0.4 is 10.2 Å². The summed E-state index contributed by atoms with van der Waals surface area (Å²) in [5.41, 5.74) is 1.63. The molecule has 2 saturated carbocycles. The van der Waals surface area contributed by atoms with Crippen LogP contribution in [-0.2, 0) is 9.59 Å². The summed E-state index contributed by atoms with van der Waals surface area (Å²) in [5, 5.41) is 12.5. The first-order chi connectivity index (χ1) is 13.7. The van der Waals surface area contributed by atoms with E-state index < -0.39 is 0 Å². The Bertz CT molecular complexity index is 902. The number of hydrogen-bond acceptors (Lipinski definition) is 5. The summed E-state index contributed by atoms with van der Waals surface area (Å²) in [5.74, 6) is 2.09. The van der Waals surface area contributed by atoms with Crippen molar-refractivity contribution in [1.82, 2.24) is 14.8 Å². The van der Waals surface area contributed by atoms with Gasteiger partial charge in [0.1, 0.15) is 5.82 Å². The van der Waals surface area contributed by atoms with E-state index in [1.807, 2.05) is 24.3 Å². The van der Waals surface area contributed by atoms with Crippen LogP contribution in [0.5, 0.6) is 0 Å². The first-order valence-corrected chi connectivity index (χ1v) is 11.0. The van der Waals surface area contributed by atoms with Gasteiger partial charge in [0.25, 0.3) is 0 Å². The quantitative estimate of drug-likeness (QED) is 0.725. The number of carbonyl (C=O) groups is 2. The highest BCUT2D eigenvalue weighted by Crippen LogP contribution is 2.46. The van der Waals surface area contributed by atoms with Gasteiger partial charge in [-0.2, -0.15) is 0 Å². The second-order valence-corrected chi connectivity index (χ2v) is 8.69. The Balaban J connectivity index is 1.18. The Morgan fingerprint density at radius 3 is 2.57 bits per heavy atom. The van der Waals surface area contributed by atoms with Crippen LogP contribution in [0.1, 0.15) is 56.3 Å². The molecule has 0 atom stereocenters. The first-order valence-electron chi connectivity index (χ1n) is 9.97. The Kier molecular flexibility index (Phi) is 4.58. The number of amides is 2. The number of rotatable bonds is 7. The SMILES string of the molecule is O=C(CSc1nnc(C2CC2)n1C1CC1)Nc1ccc(N2CCCC2=O)cc1. The number of nitrogens with zero attached hydrogens (tertiary/aromatic N) is 4. The lowest BCUT2D eigenvalue weighted by molar-refractivity contribution is -0.117. The highest BCUT2D eigenvalue weighted by Gasteiger charge is 2.36. The highest BCUT2D eigenvalue weighted by molar-refractivity contribution is 7.99. The van der Waals surface area contributed by atoms with E-state index in [9.17, 15) is 9.59 Å². The van der Waals surface area contributed by atoms with Crippen molar-refractivity contribution in [2.24, 2.45) is 0 Å². The van der Waals surface area contributed by atoms with Gasteiger partial charge >= 0.3 is 0 Å². The van der Waals surface area contributed by atoms with E-state index in [1.165, 1.54) is 37.4 Å². The van der Waals surface area contributed by atoms with Gasteiger partial charge in [-0.05, 0) is 56.4 Å². The van der Waals surface area contributed by atoms with Gasteiger partial charge in [0.05, 0.1) is 5.75 Å². The minimum absolute atomic E-state index is 0.0617. The van der Waals surface area contributed by atoms with Crippen LogP contribution >= 0.6 is 11.8 Å². The molecule has 0 unspecified atom stereocenters. The third-order valence-corrected chi connectivity index (χ3v) is 6.36. The fourth-order valence-electron chi connectivity index (χ4n) is 3.66. The second-order valence-electron chi connectivity index (χ2n) is 7.75. The molecular formula is C20H23N5O2S. The smallest absolute Gasteiger partial charge is 0.234 e. The molecule has 7 nitrogen and oxygen atoms in total. The van der Waals surface area contributed by atoms with Gasteiger partial charge in [0.2, 0.25) is 11.8 Å². The van der Waals surface area contributed by atoms with Gasteiger partial charge in [0.15, 0.2) is 5.16 Å². The van der Waals surface area contributed by atoms with Crippen LogP contribution in [0.25, 0.3) is 0 Å². The molecule has 0 radical (unpaired) electrons. The Morgan fingerprint density at radius 2 is 1.93 bits per heavy atom. The molecule has 2 aliphatic carbocycles. The van der Waals surface area contributed by atoms with E-state index in [0.29, 0.717) is 24.1 Å². The summed E-state index contributed by atoms with van der Waals surface area (Å²) in [6.07, 6.45) is 6.29. The second kappa shape index (κ2) is 7.24. The third kappa shape index (κ3) is 3.65. The van der Waals surface area contributed by atoms with E-state index in [2.05, 4.69) is 20.1 Å². The zero-order valence-electron chi connectivity index (χ0n) is 15.6. The average molecular weight is 398 g/mol. The lowest BCUT2D eigenvalue weighted by atomic mass is 10.2. The van der Waals surface area contributed by atoms with Crippen molar-refractivity contribution in [3.8, 4) is 0 Å². The summed E-state index contributed by atoms with van der Waals surface area (Å²) in [6.45, 7) is 0.770. The number of aromatic nitrogens is 3. The summed E-state index contributed by atoms with van der Waals surface area (Å²) in [4.78, 5) is 26.0. The van der Waals surface area contributed by atoms with Crippen LogP contribution in [-0.4, -0.2) is 38.9 Å². The molecule has 2 amide bonds. The highest BCUT2D eigenvalue weighted by atomic mass is 32.2. The van der Waals surface area contributed by atoms with Gasteiger partial charge < -0.3 is 14.8 Å². The largest absolute Gasteiger partial charge is 0.325 e. The van der Waals surface area contributed by atoms with Crippen LogP contribution in [0.4, 0.5) is 11.4 Å². The molecule has 1 N–H and O–H groups in total. The van der Waals surface area contributed by atoms with Gasteiger partial charge in [-0.25, -0.2) is 0 Å². The number of hydrogen-bond donors (Lipinski definition) is 1. The summed E-state index contributed by atoms with van der Waals surface area (Å²) < 4.78 is 2.26. The molecule has 8 heteroatoms. The van der Waals surface area contributed by atoms with E-state index in [0.717, 1.165) is 35.3 Å². The predicted molar refractivity (Wildman–Crippen MR) is 108 cm³/mol. The lowest BCUT2D eigenvalue weighted by Crippen LogP contribution is -2.23. The molecule has 3 aliphatic rings. The van der Waals surface area contributed by atoms with E-state index >= 15 is 0 Å². The molecule has 28 heavy (non-hydrogen) atoms. The molecule has 3 fully saturated rings. The number of nitrogens with one attached hydrogen (secondary N) is 1. The molecule has 1 aromatic heterocycles. The molecule has 2 aromatic rings. The zero-order chi connectivity index (χ0) is 19.1. The Hall–Kier alpha value is -2.35. The number of benzene rings is 1. The number of carbonyl (C=O) groups excluding carboxylic acids is 2. The van der Waals surface area contributed by atoms with Crippen molar-refractivity contribution >= 4 is 35.0 Å². The standard InChI is InChI=1S/C20H23N5O2S/c26-17(21-14-5-7-15(8-6-14)24-11-1-2-18(24)27)12-28-20-23-22-19(13-3-4-13)25(20)16-9-10-16/h5-8,13,16H,1-4,9-12H2,(H,21,26). The molecule has 146 valence electrons. The third-order valence-electron chi connectivity index (χ3n) is 5.41. The molecule has 5 rings (SSSR count). The fourth-order valence-corrected chi connectivity index (χ4v) is 4.47. The molecule has 0 spiro atoms. The van der Waals surface area contributed by atoms with Gasteiger partial charge in [0, 0.05) is 36.3 Å². The minimum Gasteiger partial charge on any atom is -0.325 e. The molecule has 1 aliphatic heterocycles. The summed E-state index contributed by atoms with van der Waals surface area (Å²) in [7, 11) is 0. The molecule has 0 bridgehead atoms. The lowest BCUT2D eigenvalue weighted by Gasteiger charge is -2.16. The number of thioether (sulfide) groups is 1. The van der Waals surface area contributed by atoms with E-state index in [4.69, 9.17) is 0 Å². The molecule has 1 aromatic carbocycles. The van der Waals surface area contributed by atoms with Crippen LogP contribution in [0.3, 0.4) is 0 Å². The van der Waals surface area contributed by atoms with E-state index in [-0.39, 0.29) is 11.8 Å². The van der Waals surface area contributed by atoms with Crippen molar-refractivity contribution < 1.29 is 9.59 Å². The maximum absolute atomic E-state index is 12.4. The minimum atomic E-state index is -0.0617.